The lowest BCUT2D eigenvalue weighted by molar-refractivity contribution is 0.252. The van der Waals surface area contributed by atoms with Crippen LogP contribution in [-0.4, -0.2) is 21.0 Å². The van der Waals surface area contributed by atoms with Gasteiger partial charge >= 0.3 is 6.03 Å². The van der Waals surface area contributed by atoms with Crippen LogP contribution in [0, 0.1) is 0 Å². The second-order valence-corrected chi connectivity index (χ2v) is 7.21. The van der Waals surface area contributed by atoms with Gasteiger partial charge in [-0.25, -0.2) is 13.2 Å². The van der Waals surface area contributed by atoms with E-state index in [1.165, 1.54) is 12.1 Å². The maximum Gasteiger partial charge on any atom is 0.319 e. The molecule has 2 aromatic carbocycles. The Labute approximate surface area is 148 Å². The zero-order chi connectivity index (χ0) is 18.3. The van der Waals surface area contributed by atoms with E-state index < -0.39 is 10.0 Å². The molecule has 0 atom stereocenters. The van der Waals surface area contributed by atoms with Crippen LogP contribution in [0.15, 0.2) is 53.4 Å². The number of hydrogen-bond donors (Lipinski definition) is 3. The van der Waals surface area contributed by atoms with Crippen LogP contribution in [-0.2, 0) is 16.4 Å². The molecule has 0 aliphatic rings. The second-order valence-electron chi connectivity index (χ2n) is 5.52. The van der Waals surface area contributed by atoms with Gasteiger partial charge in [0.05, 0.1) is 10.6 Å². The highest BCUT2D eigenvalue weighted by Crippen LogP contribution is 2.22. The number of nitrogens with one attached hydrogen (secondary N) is 3. The number of amides is 2. The molecule has 2 amide bonds. The van der Waals surface area contributed by atoms with Gasteiger partial charge in [-0.2, -0.15) is 0 Å². The lowest BCUT2D eigenvalue weighted by Crippen LogP contribution is -2.28. The Morgan fingerprint density at radius 2 is 1.80 bits per heavy atom. The highest BCUT2D eigenvalue weighted by atomic mass is 32.2. The van der Waals surface area contributed by atoms with E-state index in [0.29, 0.717) is 17.9 Å². The first-order chi connectivity index (χ1) is 12.0. The predicted octanol–water partition coefficient (Wildman–Crippen LogP) is 3.58. The van der Waals surface area contributed by atoms with Crippen LogP contribution >= 0.6 is 0 Å². The third-order valence-corrected chi connectivity index (χ3v) is 4.88. The van der Waals surface area contributed by atoms with Crippen molar-refractivity contribution in [2.75, 3.05) is 16.6 Å². The van der Waals surface area contributed by atoms with Crippen molar-refractivity contribution >= 4 is 27.4 Å². The van der Waals surface area contributed by atoms with E-state index in [2.05, 4.69) is 15.4 Å². The minimum atomic E-state index is -3.75. The average Bonchev–Trinajstić information content (AvgIpc) is 2.57. The molecule has 7 heteroatoms. The molecule has 134 valence electrons. The monoisotopic (exact) mass is 361 g/mol. The molecule has 0 saturated carbocycles. The Morgan fingerprint density at radius 1 is 1.04 bits per heavy atom. The standard InChI is InChI=1S/C18H23N3O3S/c1-3-8-14-9-5-6-12-17(14)21-25(23,24)16-11-7-10-15(13-16)20-18(22)19-4-2/h5-7,9-13,21H,3-4,8H2,1-2H3,(H2,19,20,22). The molecule has 0 bridgehead atoms. The van der Waals surface area contributed by atoms with Crippen molar-refractivity contribution in [2.24, 2.45) is 0 Å². The number of para-hydroxylation sites is 1. The third-order valence-electron chi connectivity index (χ3n) is 3.52. The van der Waals surface area contributed by atoms with Gasteiger partial charge in [0.1, 0.15) is 0 Å². The Kier molecular flexibility index (Phi) is 6.41. The molecule has 3 N–H and O–H groups in total. The third kappa shape index (κ3) is 5.22. The number of urea groups is 1. The summed E-state index contributed by atoms with van der Waals surface area (Å²) in [6, 6.07) is 13.1. The molecule has 2 aromatic rings. The maximum absolute atomic E-state index is 12.7. The maximum atomic E-state index is 12.7. The molecule has 0 unspecified atom stereocenters. The second kappa shape index (κ2) is 8.53. The van der Waals surface area contributed by atoms with E-state index in [0.717, 1.165) is 18.4 Å². The molecular weight excluding hydrogens is 338 g/mol. The van der Waals surface area contributed by atoms with E-state index >= 15 is 0 Å². The zero-order valence-corrected chi connectivity index (χ0v) is 15.2. The van der Waals surface area contributed by atoms with Crippen LogP contribution < -0.4 is 15.4 Å². The molecule has 25 heavy (non-hydrogen) atoms. The SMILES string of the molecule is CCCc1ccccc1NS(=O)(=O)c1cccc(NC(=O)NCC)c1. The fraction of sp³-hybridized carbons (Fsp3) is 0.278. The summed E-state index contributed by atoms with van der Waals surface area (Å²) in [5, 5.41) is 5.21. The lowest BCUT2D eigenvalue weighted by atomic mass is 10.1. The van der Waals surface area contributed by atoms with E-state index in [1.807, 2.05) is 19.1 Å². The number of carbonyl (C=O) groups is 1. The highest BCUT2D eigenvalue weighted by Gasteiger charge is 2.16. The van der Waals surface area contributed by atoms with Crippen molar-refractivity contribution in [3.63, 3.8) is 0 Å². The van der Waals surface area contributed by atoms with Gasteiger partial charge in [-0.3, -0.25) is 4.72 Å². The number of benzene rings is 2. The molecule has 0 heterocycles. The van der Waals surface area contributed by atoms with Gasteiger partial charge in [-0.15, -0.1) is 0 Å². The lowest BCUT2D eigenvalue weighted by Gasteiger charge is -2.13. The van der Waals surface area contributed by atoms with Crippen LogP contribution in [0.25, 0.3) is 0 Å². The first kappa shape index (κ1) is 18.8. The van der Waals surface area contributed by atoms with E-state index in [4.69, 9.17) is 0 Å². The first-order valence-corrected chi connectivity index (χ1v) is 9.70. The van der Waals surface area contributed by atoms with E-state index in [1.54, 1.807) is 31.2 Å². The number of aryl methyl sites for hydroxylation is 1. The Hall–Kier alpha value is -2.54. The van der Waals surface area contributed by atoms with Crippen LogP contribution in [0.5, 0.6) is 0 Å². The van der Waals surface area contributed by atoms with Crippen molar-refractivity contribution in [2.45, 2.75) is 31.6 Å². The number of anilines is 2. The van der Waals surface area contributed by atoms with Crippen molar-refractivity contribution in [1.29, 1.82) is 0 Å². The van der Waals surface area contributed by atoms with Gasteiger partial charge in [-0.05, 0) is 43.2 Å². The summed E-state index contributed by atoms with van der Waals surface area (Å²) in [5.74, 6) is 0. The van der Waals surface area contributed by atoms with E-state index in [9.17, 15) is 13.2 Å². The normalized spacial score (nSPS) is 11.0. The minimum absolute atomic E-state index is 0.0908. The fourth-order valence-corrected chi connectivity index (χ4v) is 3.53. The molecule has 2 rings (SSSR count). The number of carbonyl (C=O) groups excluding carboxylic acids is 1. The van der Waals surface area contributed by atoms with Gasteiger partial charge in [0.2, 0.25) is 0 Å². The van der Waals surface area contributed by atoms with Gasteiger partial charge in [0.15, 0.2) is 0 Å². The summed E-state index contributed by atoms with van der Waals surface area (Å²) < 4.78 is 28.0. The molecule has 0 aliphatic carbocycles. The summed E-state index contributed by atoms with van der Waals surface area (Å²) in [6.07, 6.45) is 1.71. The largest absolute Gasteiger partial charge is 0.338 e. The summed E-state index contributed by atoms with van der Waals surface area (Å²) in [4.78, 5) is 11.7. The molecule has 6 nitrogen and oxygen atoms in total. The van der Waals surface area contributed by atoms with Crippen molar-refractivity contribution in [3.05, 3.63) is 54.1 Å². The fourth-order valence-electron chi connectivity index (χ4n) is 2.39. The highest BCUT2D eigenvalue weighted by molar-refractivity contribution is 7.92. The number of rotatable bonds is 7. The molecule has 0 aromatic heterocycles. The molecule has 0 spiro atoms. The predicted molar refractivity (Wildman–Crippen MR) is 100 cm³/mol. The summed E-state index contributed by atoms with van der Waals surface area (Å²) in [7, 11) is -3.75. The van der Waals surface area contributed by atoms with Crippen molar-refractivity contribution < 1.29 is 13.2 Å². The summed E-state index contributed by atoms with van der Waals surface area (Å²) in [6.45, 7) is 4.33. The number of hydrogen-bond acceptors (Lipinski definition) is 3. The topological polar surface area (TPSA) is 87.3 Å². The Morgan fingerprint density at radius 3 is 2.52 bits per heavy atom. The van der Waals surface area contributed by atoms with Crippen LogP contribution in [0.1, 0.15) is 25.8 Å². The van der Waals surface area contributed by atoms with Gasteiger partial charge in [0, 0.05) is 12.2 Å². The van der Waals surface area contributed by atoms with Gasteiger partial charge in [-0.1, -0.05) is 37.6 Å². The summed E-state index contributed by atoms with van der Waals surface area (Å²) in [5.41, 5.74) is 1.94. The molecule has 0 fully saturated rings. The average molecular weight is 361 g/mol. The van der Waals surface area contributed by atoms with Crippen LogP contribution in [0.2, 0.25) is 0 Å². The first-order valence-electron chi connectivity index (χ1n) is 8.22. The Balaban J connectivity index is 2.24. The molecule has 0 radical (unpaired) electrons. The Bertz CT molecular complexity index is 835. The van der Waals surface area contributed by atoms with Crippen LogP contribution in [0.3, 0.4) is 0 Å². The number of sulfonamides is 1. The molecule has 0 aliphatic heterocycles. The van der Waals surface area contributed by atoms with Crippen molar-refractivity contribution in [1.82, 2.24) is 5.32 Å². The smallest absolute Gasteiger partial charge is 0.319 e. The van der Waals surface area contributed by atoms with E-state index in [-0.39, 0.29) is 10.9 Å². The van der Waals surface area contributed by atoms with Crippen molar-refractivity contribution in [3.8, 4) is 0 Å². The minimum Gasteiger partial charge on any atom is -0.338 e. The van der Waals surface area contributed by atoms with Gasteiger partial charge in [0.25, 0.3) is 10.0 Å². The van der Waals surface area contributed by atoms with Crippen LogP contribution in [0.4, 0.5) is 16.2 Å². The quantitative estimate of drug-likeness (QED) is 0.704. The zero-order valence-electron chi connectivity index (χ0n) is 14.4. The van der Waals surface area contributed by atoms with Gasteiger partial charge < -0.3 is 10.6 Å². The summed E-state index contributed by atoms with van der Waals surface area (Å²) >= 11 is 0. The molecular formula is C18H23N3O3S. The molecule has 0 saturated heterocycles.